The third-order valence-corrected chi connectivity index (χ3v) is 6.82. The van der Waals surface area contributed by atoms with Gasteiger partial charge in [0.2, 0.25) is 0 Å². The highest BCUT2D eigenvalue weighted by molar-refractivity contribution is 5.99. The van der Waals surface area contributed by atoms with Crippen LogP contribution in [0.1, 0.15) is 33.6 Å². The standard InChI is InChI=1S/C28H31N7O2/c1-28(2,3)35-26-23(15-29-35)25(34-16-21-13-14-22(17-34)37-21)32-24(33-26)18-9-11-20(12-10-18)31-27(36)30-19-7-5-4-6-8-19/h4-12,15,21-22H,13-14,16-17H2,1-3H3,(H2,30,31,36). The normalized spacial score (nSPS) is 19.3. The Morgan fingerprint density at radius 1 is 0.919 bits per heavy atom. The van der Waals surface area contributed by atoms with Gasteiger partial charge in [0.05, 0.1) is 29.3 Å². The lowest BCUT2D eigenvalue weighted by molar-refractivity contribution is 0.0303. The van der Waals surface area contributed by atoms with Crippen LogP contribution in [0.5, 0.6) is 0 Å². The smallest absolute Gasteiger partial charge is 0.323 e. The molecule has 9 heteroatoms. The molecule has 6 rings (SSSR count). The van der Waals surface area contributed by atoms with E-state index in [4.69, 9.17) is 19.8 Å². The summed E-state index contributed by atoms with van der Waals surface area (Å²) in [4.78, 5) is 24.7. The number of anilines is 3. The molecule has 0 saturated carbocycles. The number of rotatable bonds is 4. The van der Waals surface area contributed by atoms with Crippen LogP contribution in [0.15, 0.2) is 60.8 Å². The number of carbonyl (C=O) groups excluding carboxylic acids is 1. The Morgan fingerprint density at radius 3 is 2.22 bits per heavy atom. The van der Waals surface area contributed by atoms with Crippen LogP contribution in [-0.2, 0) is 10.3 Å². The van der Waals surface area contributed by atoms with Gasteiger partial charge in [0, 0.05) is 30.0 Å². The summed E-state index contributed by atoms with van der Waals surface area (Å²) in [6, 6.07) is 16.7. The average Bonchev–Trinajstić information content (AvgIpc) is 3.47. The van der Waals surface area contributed by atoms with Crippen molar-refractivity contribution in [2.45, 2.75) is 51.4 Å². The van der Waals surface area contributed by atoms with Crippen molar-refractivity contribution in [3.8, 4) is 11.4 Å². The third kappa shape index (κ3) is 4.74. The molecule has 0 aliphatic carbocycles. The van der Waals surface area contributed by atoms with Gasteiger partial charge in [-0.25, -0.2) is 19.4 Å². The predicted octanol–water partition coefficient (Wildman–Crippen LogP) is 5.26. The molecule has 2 N–H and O–H groups in total. The van der Waals surface area contributed by atoms with Gasteiger partial charge in [-0.05, 0) is 70.0 Å². The van der Waals surface area contributed by atoms with E-state index >= 15 is 0 Å². The lowest BCUT2D eigenvalue weighted by atomic mass is 10.1. The number of fused-ring (bicyclic) bond motifs is 3. The van der Waals surface area contributed by atoms with E-state index in [9.17, 15) is 4.79 Å². The summed E-state index contributed by atoms with van der Waals surface area (Å²) in [5.41, 5.74) is 2.88. The lowest BCUT2D eigenvalue weighted by Gasteiger charge is -2.33. The summed E-state index contributed by atoms with van der Waals surface area (Å²) in [5, 5.41) is 11.4. The van der Waals surface area contributed by atoms with Crippen molar-refractivity contribution < 1.29 is 9.53 Å². The predicted molar refractivity (Wildman–Crippen MR) is 145 cm³/mol. The Morgan fingerprint density at radius 2 is 1.57 bits per heavy atom. The number of para-hydroxylation sites is 1. The molecule has 2 saturated heterocycles. The van der Waals surface area contributed by atoms with Crippen LogP contribution in [0, 0.1) is 0 Å². The number of hydrogen-bond acceptors (Lipinski definition) is 6. The first kappa shape index (κ1) is 23.4. The minimum atomic E-state index is -0.296. The SMILES string of the molecule is CC(C)(C)n1ncc2c(N3CC4CCC(C3)O4)nc(-c3ccc(NC(=O)Nc4ccccc4)cc3)nc21. The fourth-order valence-electron chi connectivity index (χ4n) is 5.06. The first-order valence-corrected chi connectivity index (χ1v) is 12.7. The van der Waals surface area contributed by atoms with Gasteiger partial charge in [0.15, 0.2) is 11.5 Å². The number of hydrogen-bond donors (Lipinski definition) is 2. The van der Waals surface area contributed by atoms with Gasteiger partial charge in [-0.1, -0.05) is 18.2 Å². The molecule has 37 heavy (non-hydrogen) atoms. The second kappa shape index (κ2) is 9.15. The Balaban J connectivity index is 1.31. The Hall–Kier alpha value is -3.98. The maximum atomic E-state index is 12.4. The summed E-state index contributed by atoms with van der Waals surface area (Å²) in [5.74, 6) is 1.53. The van der Waals surface area contributed by atoms with Gasteiger partial charge in [-0.2, -0.15) is 5.10 Å². The molecule has 2 aromatic carbocycles. The first-order chi connectivity index (χ1) is 17.8. The first-order valence-electron chi connectivity index (χ1n) is 12.7. The molecule has 0 radical (unpaired) electrons. The molecule has 2 unspecified atom stereocenters. The number of benzene rings is 2. The monoisotopic (exact) mass is 497 g/mol. The van der Waals surface area contributed by atoms with E-state index in [1.165, 1.54) is 0 Å². The van der Waals surface area contributed by atoms with Crippen molar-refractivity contribution in [1.29, 1.82) is 0 Å². The maximum absolute atomic E-state index is 12.4. The van der Waals surface area contributed by atoms with Gasteiger partial charge >= 0.3 is 6.03 Å². The van der Waals surface area contributed by atoms with Gasteiger partial charge in [0.25, 0.3) is 0 Å². The van der Waals surface area contributed by atoms with Crippen molar-refractivity contribution in [2.75, 3.05) is 28.6 Å². The van der Waals surface area contributed by atoms with Crippen molar-refractivity contribution >= 4 is 34.3 Å². The lowest BCUT2D eigenvalue weighted by Crippen LogP contribution is -2.43. The second-order valence-corrected chi connectivity index (χ2v) is 10.7. The van der Waals surface area contributed by atoms with Crippen LogP contribution >= 0.6 is 0 Å². The number of amides is 2. The molecular weight excluding hydrogens is 466 g/mol. The van der Waals surface area contributed by atoms with Gasteiger partial charge in [-0.15, -0.1) is 0 Å². The minimum Gasteiger partial charge on any atom is -0.371 e. The summed E-state index contributed by atoms with van der Waals surface area (Å²) in [6.07, 6.45) is 4.57. The van der Waals surface area contributed by atoms with E-state index in [2.05, 4.69) is 36.3 Å². The number of urea groups is 1. The van der Waals surface area contributed by atoms with E-state index in [1.807, 2.05) is 65.5 Å². The summed E-state index contributed by atoms with van der Waals surface area (Å²) >= 11 is 0. The highest BCUT2D eigenvalue weighted by Crippen LogP contribution is 2.34. The fraction of sp³-hybridized carbons (Fsp3) is 0.357. The Labute approximate surface area is 215 Å². The number of ether oxygens (including phenoxy) is 1. The van der Waals surface area contributed by atoms with Crippen LogP contribution in [0.2, 0.25) is 0 Å². The van der Waals surface area contributed by atoms with E-state index < -0.39 is 0 Å². The van der Waals surface area contributed by atoms with E-state index in [1.54, 1.807) is 0 Å². The van der Waals surface area contributed by atoms with Crippen molar-refractivity contribution in [1.82, 2.24) is 19.7 Å². The molecule has 2 aliphatic rings. The molecule has 2 atom stereocenters. The van der Waals surface area contributed by atoms with Crippen LogP contribution in [-0.4, -0.2) is 51.1 Å². The molecule has 2 amide bonds. The highest BCUT2D eigenvalue weighted by atomic mass is 16.5. The topological polar surface area (TPSA) is 97.2 Å². The van der Waals surface area contributed by atoms with Gasteiger partial charge < -0.3 is 20.3 Å². The Bertz CT molecular complexity index is 1410. The van der Waals surface area contributed by atoms with Crippen molar-refractivity contribution in [2.24, 2.45) is 0 Å². The maximum Gasteiger partial charge on any atom is 0.323 e. The van der Waals surface area contributed by atoms with Gasteiger partial charge in [-0.3, -0.25) is 0 Å². The number of carbonyl (C=O) groups is 1. The molecule has 4 heterocycles. The zero-order valence-corrected chi connectivity index (χ0v) is 21.3. The number of nitrogens with zero attached hydrogens (tertiary/aromatic N) is 5. The van der Waals surface area contributed by atoms with Crippen molar-refractivity contribution in [3.63, 3.8) is 0 Å². The second-order valence-electron chi connectivity index (χ2n) is 10.7. The van der Waals surface area contributed by atoms with Crippen LogP contribution in [0.3, 0.4) is 0 Å². The number of aromatic nitrogens is 4. The zero-order valence-electron chi connectivity index (χ0n) is 21.3. The largest absolute Gasteiger partial charge is 0.371 e. The molecule has 4 aromatic rings. The molecule has 9 nitrogen and oxygen atoms in total. The van der Waals surface area contributed by atoms with E-state index in [-0.39, 0.29) is 23.8 Å². The summed E-state index contributed by atoms with van der Waals surface area (Å²) in [6.45, 7) is 8.01. The molecular formula is C28H31N7O2. The summed E-state index contributed by atoms with van der Waals surface area (Å²) in [7, 11) is 0. The molecule has 2 aliphatic heterocycles. The number of nitrogens with one attached hydrogen (secondary N) is 2. The third-order valence-electron chi connectivity index (χ3n) is 6.82. The summed E-state index contributed by atoms with van der Waals surface area (Å²) < 4.78 is 8.04. The van der Waals surface area contributed by atoms with E-state index in [0.717, 1.165) is 54.0 Å². The van der Waals surface area contributed by atoms with Crippen molar-refractivity contribution in [3.05, 3.63) is 60.8 Å². The fourth-order valence-corrected chi connectivity index (χ4v) is 5.06. The zero-order chi connectivity index (χ0) is 25.6. The van der Waals surface area contributed by atoms with Crippen LogP contribution < -0.4 is 15.5 Å². The number of morpholine rings is 1. The molecule has 0 spiro atoms. The van der Waals surface area contributed by atoms with Crippen LogP contribution in [0.25, 0.3) is 22.4 Å². The minimum absolute atomic E-state index is 0.228. The molecule has 2 bridgehead atoms. The molecule has 2 aromatic heterocycles. The highest BCUT2D eigenvalue weighted by Gasteiger charge is 2.35. The molecule has 2 fully saturated rings. The molecule has 190 valence electrons. The average molecular weight is 498 g/mol. The quantitative estimate of drug-likeness (QED) is 0.399. The van der Waals surface area contributed by atoms with Crippen LogP contribution in [0.4, 0.5) is 22.0 Å². The van der Waals surface area contributed by atoms with E-state index in [0.29, 0.717) is 11.5 Å². The Kier molecular flexibility index (Phi) is 5.79. The van der Waals surface area contributed by atoms with Gasteiger partial charge in [0.1, 0.15) is 5.82 Å².